The van der Waals surface area contributed by atoms with Crippen molar-refractivity contribution in [1.82, 2.24) is 9.88 Å². The number of hydrogen-bond acceptors (Lipinski definition) is 3. The van der Waals surface area contributed by atoms with Crippen LogP contribution in [0.15, 0.2) is 12.1 Å². The second-order valence-electron chi connectivity index (χ2n) is 4.44. The van der Waals surface area contributed by atoms with E-state index in [1.54, 1.807) is 0 Å². The van der Waals surface area contributed by atoms with E-state index in [1.165, 1.54) is 12.1 Å². The topological polar surface area (TPSA) is 42.4 Å². The summed E-state index contributed by atoms with van der Waals surface area (Å²) in [7, 11) is 0. The van der Waals surface area contributed by atoms with E-state index in [0.29, 0.717) is 16.2 Å². The Morgan fingerprint density at radius 1 is 1.18 bits per heavy atom. The zero-order chi connectivity index (χ0) is 16.7. The van der Waals surface area contributed by atoms with Gasteiger partial charge in [-0.1, -0.05) is 17.7 Å². The highest BCUT2D eigenvalue weighted by Crippen LogP contribution is 2.36. The molecular weight excluding hydrogens is 342 g/mol. The largest absolute Gasteiger partial charge is 0.434 e. The van der Waals surface area contributed by atoms with Crippen molar-refractivity contribution in [2.24, 2.45) is 0 Å². The van der Waals surface area contributed by atoms with Crippen LogP contribution >= 0.6 is 11.6 Å². The van der Waals surface area contributed by atoms with Crippen LogP contribution in [0.3, 0.4) is 0 Å². The fraction of sp³-hybridized carbons (Fsp3) is 0.455. The molecule has 0 radical (unpaired) electrons. The van der Waals surface area contributed by atoms with Gasteiger partial charge in [-0.25, -0.2) is 9.78 Å². The van der Waals surface area contributed by atoms with Gasteiger partial charge in [-0.05, 0) is 11.6 Å². The summed E-state index contributed by atoms with van der Waals surface area (Å²) in [6.45, 7) is -0.488. The minimum absolute atomic E-state index is 0.0948. The molecule has 122 valence electrons. The summed E-state index contributed by atoms with van der Waals surface area (Å²) in [5.74, 6) is 0. The first-order chi connectivity index (χ1) is 9.98. The number of pyridine rings is 1. The van der Waals surface area contributed by atoms with Gasteiger partial charge >= 0.3 is 18.4 Å². The maximum absolute atomic E-state index is 12.3. The number of fused-ring (bicyclic) bond motifs is 1. The monoisotopic (exact) mass is 348 g/mol. The van der Waals surface area contributed by atoms with E-state index in [9.17, 15) is 31.1 Å². The molecule has 1 aromatic heterocycles. The average Bonchev–Trinajstić information content (AvgIpc) is 2.75. The summed E-state index contributed by atoms with van der Waals surface area (Å²) in [5.41, 5.74) is 0.761. The first kappa shape index (κ1) is 16.7. The van der Waals surface area contributed by atoms with E-state index >= 15 is 0 Å². The van der Waals surface area contributed by atoms with Crippen molar-refractivity contribution in [1.29, 1.82) is 0 Å². The third-order valence-corrected chi connectivity index (χ3v) is 3.02. The molecule has 11 heteroatoms. The maximum atomic E-state index is 12.3. The molecule has 1 aliphatic rings. The Hall–Kier alpha value is -1.71. The van der Waals surface area contributed by atoms with Gasteiger partial charge in [-0.2, -0.15) is 26.3 Å². The SMILES string of the molecule is O=C(OC(C(F)(F)F)C(F)(F)F)N1Cc2ccc(Cl)nc2C1. The van der Waals surface area contributed by atoms with Gasteiger partial charge in [-0.15, -0.1) is 0 Å². The highest BCUT2D eigenvalue weighted by atomic mass is 35.5. The van der Waals surface area contributed by atoms with E-state index in [2.05, 4.69) is 9.72 Å². The number of alkyl halides is 6. The molecule has 2 heterocycles. The summed E-state index contributed by atoms with van der Waals surface area (Å²) in [4.78, 5) is 16.1. The molecule has 1 aliphatic heterocycles. The van der Waals surface area contributed by atoms with Crippen molar-refractivity contribution < 1.29 is 35.9 Å². The zero-order valence-corrected chi connectivity index (χ0v) is 11.3. The normalized spacial score (nSPS) is 15.2. The highest BCUT2D eigenvalue weighted by Gasteiger charge is 2.60. The third-order valence-electron chi connectivity index (χ3n) is 2.81. The average molecular weight is 349 g/mol. The number of rotatable bonds is 1. The Morgan fingerprint density at radius 3 is 2.32 bits per heavy atom. The Kier molecular flexibility index (Phi) is 4.16. The number of hydrogen-bond donors (Lipinski definition) is 0. The Morgan fingerprint density at radius 2 is 1.77 bits per heavy atom. The van der Waals surface area contributed by atoms with Gasteiger partial charge in [0, 0.05) is 0 Å². The molecule has 0 N–H and O–H groups in total. The Bertz CT molecular complexity index is 575. The number of aromatic nitrogens is 1. The van der Waals surface area contributed by atoms with E-state index in [4.69, 9.17) is 11.6 Å². The van der Waals surface area contributed by atoms with Crippen LogP contribution in [0.2, 0.25) is 5.15 Å². The molecule has 0 saturated carbocycles. The number of nitrogens with zero attached hydrogens (tertiary/aromatic N) is 2. The molecular formula is C11H7ClF6N2O2. The summed E-state index contributed by atoms with van der Waals surface area (Å²) < 4.78 is 77.6. The predicted octanol–water partition coefficient (Wildman–Crippen LogP) is 3.68. The molecule has 4 nitrogen and oxygen atoms in total. The summed E-state index contributed by atoms with van der Waals surface area (Å²) in [6.07, 6.45) is -17.4. The third kappa shape index (κ3) is 3.54. The molecule has 2 rings (SSSR count). The minimum Gasteiger partial charge on any atom is -0.426 e. The van der Waals surface area contributed by atoms with Crippen molar-refractivity contribution in [2.75, 3.05) is 0 Å². The summed E-state index contributed by atoms with van der Waals surface area (Å²) in [6, 6.07) is 2.87. The van der Waals surface area contributed by atoms with Crippen LogP contribution in [0.1, 0.15) is 11.3 Å². The van der Waals surface area contributed by atoms with Crippen LogP contribution in [-0.2, 0) is 17.8 Å². The number of halogens is 7. The molecule has 0 fully saturated rings. The van der Waals surface area contributed by atoms with Gasteiger partial charge in [0.2, 0.25) is 0 Å². The van der Waals surface area contributed by atoms with Gasteiger partial charge in [-0.3, -0.25) is 4.90 Å². The Balaban J connectivity index is 2.10. The fourth-order valence-electron chi connectivity index (χ4n) is 1.85. The number of carbonyl (C=O) groups excluding carboxylic acids is 1. The lowest BCUT2D eigenvalue weighted by atomic mass is 10.2. The van der Waals surface area contributed by atoms with Crippen molar-refractivity contribution in [3.63, 3.8) is 0 Å². The van der Waals surface area contributed by atoms with Crippen molar-refractivity contribution >= 4 is 17.7 Å². The molecule has 0 aromatic carbocycles. The van der Waals surface area contributed by atoms with E-state index in [-0.39, 0.29) is 18.2 Å². The van der Waals surface area contributed by atoms with Crippen LogP contribution in [0.4, 0.5) is 31.1 Å². The maximum Gasteiger partial charge on any atom is 0.434 e. The second-order valence-corrected chi connectivity index (χ2v) is 4.83. The van der Waals surface area contributed by atoms with E-state index in [0.717, 1.165) is 0 Å². The lowest BCUT2D eigenvalue weighted by Gasteiger charge is -2.25. The van der Waals surface area contributed by atoms with E-state index < -0.39 is 24.5 Å². The molecule has 22 heavy (non-hydrogen) atoms. The molecule has 0 saturated heterocycles. The molecule has 0 unspecified atom stereocenters. The van der Waals surface area contributed by atoms with Crippen LogP contribution < -0.4 is 0 Å². The highest BCUT2D eigenvalue weighted by molar-refractivity contribution is 6.29. The lowest BCUT2D eigenvalue weighted by molar-refractivity contribution is -0.308. The predicted molar refractivity (Wildman–Crippen MR) is 60.9 cm³/mol. The van der Waals surface area contributed by atoms with E-state index in [1.807, 2.05) is 0 Å². The molecule has 1 aromatic rings. The van der Waals surface area contributed by atoms with Crippen molar-refractivity contribution in [2.45, 2.75) is 31.5 Å². The fourth-order valence-corrected chi connectivity index (χ4v) is 2.02. The molecule has 0 spiro atoms. The smallest absolute Gasteiger partial charge is 0.426 e. The van der Waals surface area contributed by atoms with Crippen LogP contribution in [0, 0.1) is 0 Å². The van der Waals surface area contributed by atoms with Gasteiger partial charge in [0.25, 0.3) is 6.10 Å². The number of ether oxygens (including phenoxy) is 1. The van der Waals surface area contributed by atoms with Crippen LogP contribution in [0.5, 0.6) is 0 Å². The number of carbonyl (C=O) groups is 1. The summed E-state index contributed by atoms with van der Waals surface area (Å²) in [5, 5.41) is 0.0948. The standard InChI is InChI=1S/C11H7ClF6N2O2/c12-7-2-1-5-3-20(4-6(5)19-7)9(21)22-8(10(13,14)15)11(16,17)18/h1-2,8H,3-4H2. The van der Waals surface area contributed by atoms with Crippen molar-refractivity contribution in [3.05, 3.63) is 28.5 Å². The molecule has 0 bridgehead atoms. The molecule has 1 amide bonds. The van der Waals surface area contributed by atoms with Gasteiger partial charge < -0.3 is 4.74 Å². The number of amides is 1. The first-order valence-corrected chi connectivity index (χ1v) is 6.09. The minimum atomic E-state index is -5.75. The zero-order valence-electron chi connectivity index (χ0n) is 10.5. The summed E-state index contributed by atoms with van der Waals surface area (Å²) >= 11 is 5.61. The Labute approximate surface area is 124 Å². The molecule has 0 aliphatic carbocycles. The first-order valence-electron chi connectivity index (χ1n) is 5.72. The quantitative estimate of drug-likeness (QED) is 0.574. The van der Waals surface area contributed by atoms with Gasteiger partial charge in [0.15, 0.2) is 0 Å². The lowest BCUT2D eigenvalue weighted by Crippen LogP contribution is -2.47. The van der Waals surface area contributed by atoms with Crippen LogP contribution in [0.25, 0.3) is 0 Å². The van der Waals surface area contributed by atoms with Crippen molar-refractivity contribution in [3.8, 4) is 0 Å². The molecule has 0 atom stereocenters. The second kappa shape index (κ2) is 5.49. The van der Waals surface area contributed by atoms with Gasteiger partial charge in [0.1, 0.15) is 5.15 Å². The van der Waals surface area contributed by atoms with Crippen LogP contribution in [-0.4, -0.2) is 34.4 Å². The van der Waals surface area contributed by atoms with Gasteiger partial charge in [0.05, 0.1) is 18.8 Å².